The third-order valence-corrected chi connectivity index (χ3v) is 7.42. The molecular formula is C32H28F3N5O6. The number of carbonyl (C=O) groups is 4. The predicted molar refractivity (Wildman–Crippen MR) is 158 cm³/mol. The van der Waals surface area contributed by atoms with Gasteiger partial charge in [0.25, 0.3) is 11.8 Å². The number of piperidine rings is 1. The molecule has 2 aromatic carbocycles. The first-order valence-corrected chi connectivity index (χ1v) is 14.2. The summed E-state index contributed by atoms with van der Waals surface area (Å²) < 4.78 is 43.8. The maximum absolute atomic E-state index is 13.4. The minimum atomic E-state index is -5.35. The summed E-state index contributed by atoms with van der Waals surface area (Å²) in [6.07, 6.45) is -2.52. The molecular weight excluding hydrogens is 607 g/mol. The molecule has 2 atom stereocenters. The summed E-state index contributed by atoms with van der Waals surface area (Å²) >= 11 is 0. The van der Waals surface area contributed by atoms with E-state index in [1.165, 1.54) is 34.9 Å². The van der Waals surface area contributed by atoms with E-state index in [1.807, 2.05) is 37.3 Å². The molecule has 4 aromatic rings. The molecule has 3 amide bonds. The Morgan fingerprint density at radius 1 is 0.957 bits per heavy atom. The van der Waals surface area contributed by atoms with Crippen molar-refractivity contribution in [1.82, 2.24) is 20.3 Å². The van der Waals surface area contributed by atoms with Crippen molar-refractivity contribution in [1.29, 1.82) is 0 Å². The van der Waals surface area contributed by atoms with E-state index in [2.05, 4.69) is 20.1 Å². The van der Waals surface area contributed by atoms with Crippen LogP contribution in [0.5, 0.6) is 5.75 Å². The number of amides is 3. The Hall–Kier alpha value is -5.53. The number of aromatic nitrogens is 2. The highest BCUT2D eigenvalue weighted by molar-refractivity contribution is 5.98. The van der Waals surface area contributed by atoms with Crippen molar-refractivity contribution in [2.45, 2.75) is 26.1 Å². The molecule has 2 aromatic heterocycles. The van der Waals surface area contributed by atoms with Crippen LogP contribution in [0.4, 0.5) is 18.9 Å². The number of aryl methyl sites for hydroxylation is 1. The molecule has 1 aliphatic rings. The topological polar surface area (TPSA) is 140 Å². The molecule has 0 radical (unpaired) electrons. The molecule has 2 N–H and O–H groups in total. The van der Waals surface area contributed by atoms with Crippen molar-refractivity contribution in [2.24, 2.45) is 11.8 Å². The van der Waals surface area contributed by atoms with E-state index in [9.17, 15) is 32.3 Å². The Kier molecular flexibility index (Phi) is 9.45. The van der Waals surface area contributed by atoms with Crippen molar-refractivity contribution in [3.63, 3.8) is 0 Å². The number of alkyl halides is 3. The fraction of sp³-hybridized carbons (Fsp3) is 0.250. The highest BCUT2D eigenvalue weighted by Crippen LogP contribution is 2.28. The third kappa shape index (κ3) is 7.57. The normalized spacial score (nSPS) is 16.4. The van der Waals surface area contributed by atoms with Gasteiger partial charge in [-0.25, -0.2) is 4.79 Å². The summed E-state index contributed by atoms with van der Waals surface area (Å²) in [5.41, 5.74) is 4.82. The average molecular weight is 636 g/mol. The number of nitrogens with one attached hydrogen (secondary N) is 2. The van der Waals surface area contributed by atoms with E-state index in [4.69, 9.17) is 4.74 Å². The fourth-order valence-electron chi connectivity index (χ4n) is 5.17. The number of ether oxygens (including phenoxy) is 1. The van der Waals surface area contributed by atoms with E-state index in [0.717, 1.165) is 22.2 Å². The van der Waals surface area contributed by atoms with Gasteiger partial charge in [-0.2, -0.15) is 18.7 Å². The van der Waals surface area contributed by atoms with Gasteiger partial charge in [0, 0.05) is 53.4 Å². The Bertz CT molecular complexity index is 1750. The minimum absolute atomic E-state index is 0.00839. The first-order chi connectivity index (χ1) is 22.0. The lowest BCUT2D eigenvalue weighted by atomic mass is 9.83. The zero-order valence-electron chi connectivity index (χ0n) is 24.4. The van der Waals surface area contributed by atoms with Crippen LogP contribution in [0.3, 0.4) is 0 Å². The van der Waals surface area contributed by atoms with Gasteiger partial charge >= 0.3 is 12.1 Å². The number of nitrogens with zero attached hydrogens (tertiary/aromatic N) is 3. The van der Waals surface area contributed by atoms with Gasteiger partial charge in [0.05, 0.1) is 17.4 Å². The van der Waals surface area contributed by atoms with Crippen molar-refractivity contribution >= 4 is 40.3 Å². The van der Waals surface area contributed by atoms with Crippen LogP contribution >= 0.6 is 0 Å². The van der Waals surface area contributed by atoms with Crippen LogP contribution in [0.25, 0.3) is 10.9 Å². The number of fused-ring (bicyclic) bond motifs is 1. The van der Waals surface area contributed by atoms with Gasteiger partial charge in [0.2, 0.25) is 5.91 Å². The molecule has 46 heavy (non-hydrogen) atoms. The molecule has 0 spiro atoms. The zero-order chi connectivity index (χ0) is 32.8. The van der Waals surface area contributed by atoms with E-state index in [1.54, 1.807) is 24.3 Å². The third-order valence-electron chi connectivity index (χ3n) is 7.42. The van der Waals surface area contributed by atoms with Gasteiger partial charge in [-0.3, -0.25) is 24.4 Å². The van der Waals surface area contributed by atoms with Gasteiger partial charge in [0.1, 0.15) is 12.4 Å². The first kappa shape index (κ1) is 31.9. The lowest BCUT2D eigenvalue weighted by Gasteiger charge is -2.36. The number of pyridine rings is 2. The van der Waals surface area contributed by atoms with Gasteiger partial charge in [-0.15, -0.1) is 0 Å². The summed E-state index contributed by atoms with van der Waals surface area (Å²) in [5.74, 6) is -6.72. The molecule has 0 saturated carbocycles. The van der Waals surface area contributed by atoms with Gasteiger partial charge < -0.3 is 19.8 Å². The van der Waals surface area contributed by atoms with Crippen molar-refractivity contribution < 1.29 is 41.9 Å². The molecule has 1 fully saturated rings. The maximum atomic E-state index is 13.4. The van der Waals surface area contributed by atoms with E-state index in [-0.39, 0.29) is 31.7 Å². The lowest BCUT2D eigenvalue weighted by molar-refractivity contribution is -0.208. The number of carbonyl (C=O) groups excluding carboxylic acids is 4. The van der Waals surface area contributed by atoms with Crippen molar-refractivity contribution in [2.75, 3.05) is 18.4 Å². The summed E-state index contributed by atoms with van der Waals surface area (Å²) in [6.45, 7) is 1.95. The molecule has 5 rings (SSSR count). The smallest absolute Gasteiger partial charge is 0.489 e. The minimum Gasteiger partial charge on any atom is -0.489 e. The summed E-state index contributed by atoms with van der Waals surface area (Å²) in [5, 5.41) is 3.68. The number of likely N-dealkylation sites (tertiary alicyclic amines) is 1. The van der Waals surface area contributed by atoms with Crippen LogP contribution < -0.4 is 15.5 Å². The van der Waals surface area contributed by atoms with Crippen LogP contribution in [0.1, 0.15) is 28.0 Å². The molecule has 1 saturated heterocycles. The second-order valence-electron chi connectivity index (χ2n) is 10.6. The molecule has 1 unspecified atom stereocenters. The molecule has 14 heteroatoms. The van der Waals surface area contributed by atoms with Crippen LogP contribution in [0.15, 0.2) is 79.1 Å². The molecule has 1 aliphatic heterocycles. The van der Waals surface area contributed by atoms with Gasteiger partial charge in [-0.1, -0.05) is 18.2 Å². The zero-order valence-corrected chi connectivity index (χ0v) is 24.4. The second-order valence-corrected chi connectivity index (χ2v) is 10.6. The fourth-order valence-corrected chi connectivity index (χ4v) is 5.17. The van der Waals surface area contributed by atoms with Crippen LogP contribution in [0.2, 0.25) is 0 Å². The summed E-state index contributed by atoms with van der Waals surface area (Å²) in [4.78, 5) is 64.1. The van der Waals surface area contributed by atoms with Gasteiger partial charge in [0.15, 0.2) is 0 Å². The quantitative estimate of drug-likeness (QED) is 0.286. The maximum Gasteiger partial charge on any atom is 0.493 e. The van der Waals surface area contributed by atoms with E-state index in [0.29, 0.717) is 11.4 Å². The van der Waals surface area contributed by atoms with Crippen molar-refractivity contribution in [3.05, 3.63) is 95.9 Å². The molecule has 0 aliphatic carbocycles. The standard InChI is InChI=1S/C32H28F3N5O6/c1-19-16-21(24-4-2-3-5-27(24)37-19)18-45-23-8-6-22(7-9-23)38-28(41)25-12-15-40(30(43)20-10-13-36-14-11-20)17-26(25)29(42)39-46-31(44)32(33,34)35/h2-11,13-14,16,25-26H,12,15,17-18H2,1H3,(H,38,41)(H,39,42)/t25?,26-/m0/s1. The van der Waals surface area contributed by atoms with Crippen LogP contribution in [-0.4, -0.2) is 57.8 Å². The van der Waals surface area contributed by atoms with Crippen molar-refractivity contribution in [3.8, 4) is 5.75 Å². The SMILES string of the molecule is Cc1cc(COc2ccc(NC(=O)C3CCN(C(=O)c4ccncc4)C[C@@H]3C(=O)NOC(=O)C(F)(F)F)cc2)c2ccccc2n1. The molecule has 3 heterocycles. The predicted octanol–water partition coefficient (Wildman–Crippen LogP) is 4.37. The number of benzene rings is 2. The van der Waals surface area contributed by atoms with Crippen LogP contribution in [0, 0.1) is 18.8 Å². The highest BCUT2D eigenvalue weighted by atomic mass is 19.4. The Balaban J connectivity index is 1.25. The Labute approximate surface area is 260 Å². The van der Waals surface area contributed by atoms with E-state index >= 15 is 0 Å². The number of para-hydroxylation sites is 1. The largest absolute Gasteiger partial charge is 0.493 e. The lowest BCUT2D eigenvalue weighted by Crippen LogP contribution is -2.52. The Morgan fingerprint density at radius 2 is 1.67 bits per heavy atom. The first-order valence-electron chi connectivity index (χ1n) is 14.2. The average Bonchev–Trinajstić information content (AvgIpc) is 3.05. The number of anilines is 1. The number of rotatable bonds is 7. The summed E-state index contributed by atoms with van der Waals surface area (Å²) in [6, 6.07) is 19.1. The number of halogens is 3. The monoisotopic (exact) mass is 635 g/mol. The van der Waals surface area contributed by atoms with Crippen LogP contribution in [-0.2, 0) is 25.8 Å². The Morgan fingerprint density at radius 3 is 2.39 bits per heavy atom. The number of hydroxylamine groups is 1. The number of hydrogen-bond acceptors (Lipinski definition) is 8. The second kappa shape index (κ2) is 13.6. The van der Waals surface area contributed by atoms with Gasteiger partial charge in [-0.05, 0) is 61.9 Å². The molecule has 238 valence electrons. The molecule has 0 bridgehead atoms. The van der Waals surface area contributed by atoms with E-state index < -0.39 is 41.7 Å². The number of hydrogen-bond donors (Lipinski definition) is 2. The highest BCUT2D eigenvalue weighted by Gasteiger charge is 2.44. The summed E-state index contributed by atoms with van der Waals surface area (Å²) in [7, 11) is 0. The molecule has 11 nitrogen and oxygen atoms in total.